The third-order valence-corrected chi connectivity index (χ3v) is 4.93. The Morgan fingerprint density at radius 1 is 1.30 bits per heavy atom. The van der Waals surface area contributed by atoms with Crippen LogP contribution >= 0.6 is 0 Å². The second-order valence-corrected chi connectivity index (χ2v) is 9.63. The van der Waals surface area contributed by atoms with E-state index in [9.17, 15) is 13.2 Å². The van der Waals surface area contributed by atoms with Crippen LogP contribution in [0.25, 0.3) is 0 Å². The predicted molar refractivity (Wildman–Crippen MR) is 90.3 cm³/mol. The number of hydrogen-bond donors (Lipinski definition) is 0. The van der Waals surface area contributed by atoms with E-state index in [0.717, 1.165) is 19.3 Å². The molecule has 1 fully saturated rings. The molecule has 0 saturated carbocycles. The van der Waals surface area contributed by atoms with Crippen LogP contribution in [0.5, 0.6) is 0 Å². The second kappa shape index (κ2) is 7.83. The summed E-state index contributed by atoms with van der Waals surface area (Å²) in [4.78, 5) is 14.0. The number of ether oxygens (including phenoxy) is 2. The van der Waals surface area contributed by atoms with Crippen molar-refractivity contribution in [2.45, 2.75) is 64.6 Å². The van der Waals surface area contributed by atoms with Gasteiger partial charge in [-0.2, -0.15) is 0 Å². The van der Waals surface area contributed by atoms with Crippen LogP contribution in [0.3, 0.4) is 0 Å². The van der Waals surface area contributed by atoms with E-state index in [1.165, 1.54) is 6.26 Å². The van der Waals surface area contributed by atoms with Crippen molar-refractivity contribution in [2.24, 2.45) is 0 Å². The molecule has 1 unspecified atom stereocenters. The lowest BCUT2D eigenvalue weighted by Gasteiger charge is -2.42. The highest BCUT2D eigenvalue weighted by atomic mass is 32.2. The number of piperidine rings is 1. The quantitative estimate of drug-likeness (QED) is 0.689. The summed E-state index contributed by atoms with van der Waals surface area (Å²) in [5, 5.41) is 0. The maximum atomic E-state index is 12.2. The summed E-state index contributed by atoms with van der Waals surface area (Å²) in [6.45, 7) is 9.15. The van der Waals surface area contributed by atoms with Crippen molar-refractivity contribution in [2.75, 3.05) is 31.7 Å². The number of hydrogen-bond acceptors (Lipinski definition) is 5. The molecule has 0 aromatic heterocycles. The average Bonchev–Trinajstić information content (AvgIpc) is 2.41. The molecule has 1 heterocycles. The van der Waals surface area contributed by atoms with Gasteiger partial charge < -0.3 is 14.4 Å². The first-order valence-corrected chi connectivity index (χ1v) is 10.3. The Bertz CT molecular complexity index is 497. The van der Waals surface area contributed by atoms with E-state index in [0.29, 0.717) is 26.1 Å². The summed E-state index contributed by atoms with van der Waals surface area (Å²) in [6.07, 6.45) is 3.92. The highest BCUT2D eigenvalue weighted by molar-refractivity contribution is 7.90. The first-order chi connectivity index (χ1) is 10.5. The van der Waals surface area contributed by atoms with Crippen molar-refractivity contribution >= 4 is 15.9 Å². The number of likely N-dealkylation sites (tertiary alicyclic amines) is 1. The Balaban J connectivity index is 2.59. The lowest BCUT2D eigenvalue weighted by Crippen LogP contribution is -2.52. The molecule has 1 aliphatic heterocycles. The van der Waals surface area contributed by atoms with Crippen LogP contribution in [-0.4, -0.2) is 62.3 Å². The fraction of sp³-hybridized carbons (Fsp3) is 0.938. The van der Waals surface area contributed by atoms with Gasteiger partial charge in [0.2, 0.25) is 0 Å². The lowest BCUT2D eigenvalue weighted by molar-refractivity contribution is -0.0928. The Hall–Kier alpha value is -0.820. The van der Waals surface area contributed by atoms with Crippen molar-refractivity contribution in [1.82, 2.24) is 4.90 Å². The normalized spacial score (nSPS) is 22.9. The van der Waals surface area contributed by atoms with E-state index in [2.05, 4.69) is 0 Å². The SMILES string of the molecule is CCC1(OCCCS(C)(=O)=O)CCCN(C(=O)OC(C)(C)C)C1. The first kappa shape index (κ1) is 20.2. The van der Waals surface area contributed by atoms with Crippen LogP contribution in [-0.2, 0) is 19.3 Å². The summed E-state index contributed by atoms with van der Waals surface area (Å²) >= 11 is 0. The van der Waals surface area contributed by atoms with Gasteiger partial charge in [0, 0.05) is 19.4 Å². The van der Waals surface area contributed by atoms with Crippen molar-refractivity contribution < 1.29 is 22.7 Å². The number of rotatable bonds is 6. The maximum Gasteiger partial charge on any atom is 0.410 e. The van der Waals surface area contributed by atoms with Crippen molar-refractivity contribution in [3.63, 3.8) is 0 Å². The van der Waals surface area contributed by atoms with Crippen LogP contribution in [0, 0.1) is 0 Å². The van der Waals surface area contributed by atoms with Gasteiger partial charge in [-0.25, -0.2) is 13.2 Å². The molecule has 7 heteroatoms. The minimum Gasteiger partial charge on any atom is -0.444 e. The van der Waals surface area contributed by atoms with Crippen LogP contribution in [0.15, 0.2) is 0 Å². The lowest BCUT2D eigenvalue weighted by atomic mass is 9.90. The zero-order chi connectivity index (χ0) is 17.7. The Kier molecular flexibility index (Phi) is 6.89. The van der Waals surface area contributed by atoms with E-state index in [4.69, 9.17) is 9.47 Å². The second-order valence-electron chi connectivity index (χ2n) is 7.37. The van der Waals surface area contributed by atoms with Crippen molar-refractivity contribution in [3.8, 4) is 0 Å². The smallest absolute Gasteiger partial charge is 0.410 e. The molecule has 0 aliphatic carbocycles. The standard InChI is InChI=1S/C16H31NO5S/c1-6-16(21-11-8-12-23(5,19)20)9-7-10-17(13-16)14(18)22-15(2,3)4/h6-13H2,1-5H3. The van der Waals surface area contributed by atoms with Crippen molar-refractivity contribution in [3.05, 3.63) is 0 Å². The van der Waals surface area contributed by atoms with Gasteiger partial charge >= 0.3 is 6.09 Å². The van der Waals surface area contributed by atoms with Crippen LogP contribution in [0.1, 0.15) is 53.4 Å². The van der Waals surface area contributed by atoms with Gasteiger partial charge in [-0.05, 0) is 46.5 Å². The summed E-state index contributed by atoms with van der Waals surface area (Å²) in [7, 11) is -2.96. The Morgan fingerprint density at radius 3 is 2.48 bits per heavy atom. The topological polar surface area (TPSA) is 72.9 Å². The molecule has 0 aromatic carbocycles. The largest absolute Gasteiger partial charge is 0.444 e. The molecule has 1 saturated heterocycles. The number of sulfone groups is 1. The van der Waals surface area contributed by atoms with Gasteiger partial charge in [-0.1, -0.05) is 6.92 Å². The summed E-state index contributed by atoms with van der Waals surface area (Å²) in [6, 6.07) is 0. The molecular weight excluding hydrogens is 318 g/mol. The molecule has 6 nitrogen and oxygen atoms in total. The van der Waals surface area contributed by atoms with Crippen molar-refractivity contribution in [1.29, 1.82) is 0 Å². The van der Waals surface area contributed by atoms with E-state index >= 15 is 0 Å². The number of carbonyl (C=O) groups is 1. The Morgan fingerprint density at radius 2 is 1.96 bits per heavy atom. The molecule has 1 amide bonds. The summed E-state index contributed by atoms with van der Waals surface area (Å²) < 4.78 is 33.8. The molecule has 1 rings (SSSR count). The summed E-state index contributed by atoms with van der Waals surface area (Å²) in [5.41, 5.74) is -0.910. The number of nitrogens with zero attached hydrogens (tertiary/aromatic N) is 1. The number of amides is 1. The van der Waals surface area contributed by atoms with Gasteiger partial charge in [0.1, 0.15) is 15.4 Å². The zero-order valence-corrected chi connectivity index (χ0v) is 15.9. The zero-order valence-electron chi connectivity index (χ0n) is 15.1. The minimum absolute atomic E-state index is 0.128. The van der Waals surface area contributed by atoms with Gasteiger partial charge in [0.15, 0.2) is 0 Å². The fourth-order valence-corrected chi connectivity index (χ4v) is 3.34. The molecule has 0 radical (unpaired) electrons. The first-order valence-electron chi connectivity index (χ1n) is 8.26. The molecule has 1 atom stereocenters. The van der Waals surface area contributed by atoms with E-state index in [1.807, 2.05) is 27.7 Å². The van der Waals surface area contributed by atoms with E-state index in [1.54, 1.807) is 4.90 Å². The van der Waals surface area contributed by atoms with Crippen LogP contribution < -0.4 is 0 Å². The molecular formula is C16H31NO5S. The molecule has 1 aliphatic rings. The predicted octanol–water partition coefficient (Wildman–Crippen LogP) is 2.62. The third kappa shape index (κ3) is 7.52. The summed E-state index contributed by atoms with van der Waals surface area (Å²) in [5.74, 6) is 0.128. The molecule has 0 spiro atoms. The molecule has 0 aromatic rings. The number of carbonyl (C=O) groups excluding carboxylic acids is 1. The third-order valence-electron chi connectivity index (χ3n) is 3.90. The van der Waals surface area contributed by atoms with Gasteiger partial charge in [-0.3, -0.25) is 0 Å². The minimum atomic E-state index is -2.96. The monoisotopic (exact) mass is 349 g/mol. The average molecular weight is 349 g/mol. The highest BCUT2D eigenvalue weighted by Gasteiger charge is 2.38. The van der Waals surface area contributed by atoms with Crippen LogP contribution in [0.2, 0.25) is 0 Å². The molecule has 0 N–H and O–H groups in total. The maximum absolute atomic E-state index is 12.2. The van der Waals surface area contributed by atoms with E-state index < -0.39 is 21.0 Å². The highest BCUT2D eigenvalue weighted by Crippen LogP contribution is 2.29. The van der Waals surface area contributed by atoms with Crippen LogP contribution in [0.4, 0.5) is 4.79 Å². The molecule has 136 valence electrons. The van der Waals surface area contributed by atoms with E-state index in [-0.39, 0.29) is 11.8 Å². The van der Waals surface area contributed by atoms with Gasteiger partial charge in [-0.15, -0.1) is 0 Å². The molecule has 23 heavy (non-hydrogen) atoms. The Labute approximate surface area is 140 Å². The van der Waals surface area contributed by atoms with Gasteiger partial charge in [0.05, 0.1) is 17.9 Å². The van der Waals surface area contributed by atoms with Gasteiger partial charge in [0.25, 0.3) is 0 Å². The fourth-order valence-electron chi connectivity index (χ4n) is 2.70. The molecule has 0 bridgehead atoms.